The number of halogens is 3. The average Bonchev–Trinajstić information content (AvgIpc) is 3.11. The molecule has 3 rings (SSSR count). The number of carbonyl (C=O) groups is 1. The number of rotatable bonds is 5. The fourth-order valence-corrected chi connectivity index (χ4v) is 2.26. The number of carbonyl (C=O) groups excluding carboxylic acids is 1. The summed E-state index contributed by atoms with van der Waals surface area (Å²) in [5, 5.41) is 0. The Hall–Kier alpha value is -3.36. The van der Waals surface area contributed by atoms with Gasteiger partial charge in [0.15, 0.2) is 12.4 Å². The maximum Gasteiger partial charge on any atom is 0.417 e. The molecule has 2 aromatic heterocycles. The first kappa shape index (κ1) is 18.4. The SMILES string of the molecule is O=C(Cn1cc(C(F)(F)F)ccc1=O)OCc1ncc(-c2ccccc2)o1. The van der Waals surface area contributed by atoms with Crippen molar-refractivity contribution in [2.45, 2.75) is 19.3 Å². The van der Waals surface area contributed by atoms with Gasteiger partial charge in [-0.2, -0.15) is 13.2 Å². The van der Waals surface area contributed by atoms with Crippen molar-refractivity contribution in [2.75, 3.05) is 0 Å². The van der Waals surface area contributed by atoms with Gasteiger partial charge in [-0.3, -0.25) is 9.59 Å². The molecule has 0 radical (unpaired) electrons. The van der Waals surface area contributed by atoms with Crippen molar-refractivity contribution in [1.82, 2.24) is 9.55 Å². The van der Waals surface area contributed by atoms with Crippen molar-refractivity contribution in [1.29, 1.82) is 0 Å². The summed E-state index contributed by atoms with van der Waals surface area (Å²) in [6.07, 6.45) is -2.58. The Morgan fingerprint density at radius 1 is 1.15 bits per heavy atom. The van der Waals surface area contributed by atoms with Crippen molar-refractivity contribution >= 4 is 5.97 Å². The number of ether oxygens (including phenoxy) is 1. The monoisotopic (exact) mass is 378 g/mol. The summed E-state index contributed by atoms with van der Waals surface area (Å²) in [5.74, 6) is -0.287. The standard InChI is InChI=1S/C18H13F3N2O4/c19-18(20,21)13-6-7-16(24)23(9-13)10-17(25)26-11-15-22-8-14(27-15)12-4-2-1-3-5-12/h1-9H,10-11H2. The lowest BCUT2D eigenvalue weighted by atomic mass is 10.2. The molecule has 27 heavy (non-hydrogen) atoms. The van der Waals surface area contributed by atoms with Gasteiger partial charge in [0, 0.05) is 17.8 Å². The average molecular weight is 378 g/mol. The van der Waals surface area contributed by atoms with E-state index in [0.717, 1.165) is 11.6 Å². The second kappa shape index (κ2) is 7.48. The smallest absolute Gasteiger partial charge is 0.417 e. The Balaban J connectivity index is 1.62. The third kappa shape index (κ3) is 4.63. The van der Waals surface area contributed by atoms with Crippen molar-refractivity contribution in [3.8, 4) is 11.3 Å². The predicted molar refractivity (Wildman–Crippen MR) is 87.4 cm³/mol. The highest BCUT2D eigenvalue weighted by Gasteiger charge is 2.31. The third-order valence-corrected chi connectivity index (χ3v) is 3.58. The Morgan fingerprint density at radius 2 is 1.89 bits per heavy atom. The summed E-state index contributed by atoms with van der Waals surface area (Å²) in [7, 11) is 0. The number of nitrogens with zero attached hydrogens (tertiary/aromatic N) is 2. The van der Waals surface area contributed by atoms with Gasteiger partial charge in [0.2, 0.25) is 5.89 Å². The summed E-state index contributed by atoms with van der Waals surface area (Å²) in [6.45, 7) is -0.964. The van der Waals surface area contributed by atoms with Crippen LogP contribution in [-0.2, 0) is 28.9 Å². The van der Waals surface area contributed by atoms with Crippen LogP contribution in [-0.4, -0.2) is 15.5 Å². The second-order valence-electron chi connectivity index (χ2n) is 5.53. The van der Waals surface area contributed by atoms with Crippen LogP contribution in [0.3, 0.4) is 0 Å². The van der Waals surface area contributed by atoms with Crippen LogP contribution in [0.25, 0.3) is 11.3 Å². The normalized spacial score (nSPS) is 11.4. The number of hydrogen-bond acceptors (Lipinski definition) is 5. The first-order chi connectivity index (χ1) is 12.8. The maximum absolute atomic E-state index is 12.7. The minimum Gasteiger partial charge on any atom is -0.454 e. The Labute approximate surface area is 150 Å². The summed E-state index contributed by atoms with van der Waals surface area (Å²) >= 11 is 0. The van der Waals surface area contributed by atoms with Crippen LogP contribution in [0.4, 0.5) is 13.2 Å². The van der Waals surface area contributed by atoms with Gasteiger partial charge in [-0.05, 0) is 6.07 Å². The molecule has 0 saturated heterocycles. The third-order valence-electron chi connectivity index (χ3n) is 3.58. The summed E-state index contributed by atoms with van der Waals surface area (Å²) in [4.78, 5) is 27.4. The molecular formula is C18H13F3N2O4. The van der Waals surface area contributed by atoms with Crippen LogP contribution < -0.4 is 5.56 Å². The van der Waals surface area contributed by atoms with Crippen molar-refractivity contribution in [3.05, 3.63) is 76.7 Å². The van der Waals surface area contributed by atoms with Gasteiger partial charge in [-0.1, -0.05) is 30.3 Å². The van der Waals surface area contributed by atoms with E-state index in [2.05, 4.69) is 4.98 Å². The van der Waals surface area contributed by atoms with Gasteiger partial charge in [0.25, 0.3) is 5.56 Å². The van der Waals surface area contributed by atoms with E-state index in [4.69, 9.17) is 9.15 Å². The number of aromatic nitrogens is 2. The molecule has 0 amide bonds. The fraction of sp³-hybridized carbons (Fsp3) is 0.167. The quantitative estimate of drug-likeness (QED) is 0.637. The lowest BCUT2D eigenvalue weighted by molar-refractivity contribution is -0.147. The van der Waals surface area contributed by atoms with Gasteiger partial charge < -0.3 is 13.7 Å². The molecule has 0 fully saturated rings. The molecule has 0 N–H and O–H groups in total. The minimum atomic E-state index is -4.62. The maximum atomic E-state index is 12.7. The van der Waals surface area contributed by atoms with Crippen LogP contribution in [0.15, 0.2) is 64.1 Å². The van der Waals surface area contributed by atoms with Crippen molar-refractivity contribution in [3.63, 3.8) is 0 Å². The van der Waals surface area contributed by atoms with Crippen LogP contribution >= 0.6 is 0 Å². The van der Waals surface area contributed by atoms with Gasteiger partial charge in [-0.15, -0.1) is 0 Å². The number of esters is 1. The Kier molecular flexibility index (Phi) is 5.11. The second-order valence-corrected chi connectivity index (χ2v) is 5.53. The lowest BCUT2D eigenvalue weighted by Gasteiger charge is -2.10. The fourth-order valence-electron chi connectivity index (χ4n) is 2.26. The molecule has 0 unspecified atom stereocenters. The zero-order chi connectivity index (χ0) is 19.4. The Bertz CT molecular complexity index is 994. The molecule has 6 nitrogen and oxygen atoms in total. The van der Waals surface area contributed by atoms with E-state index in [0.29, 0.717) is 22.6 Å². The molecular weight excluding hydrogens is 365 g/mol. The molecule has 0 bridgehead atoms. The van der Waals surface area contributed by atoms with Gasteiger partial charge in [-0.25, -0.2) is 4.98 Å². The number of pyridine rings is 1. The van der Waals surface area contributed by atoms with E-state index in [-0.39, 0.29) is 12.5 Å². The zero-order valence-electron chi connectivity index (χ0n) is 13.8. The predicted octanol–water partition coefficient (Wildman–Crippen LogP) is 3.27. The van der Waals surface area contributed by atoms with Crippen LogP contribution in [0.2, 0.25) is 0 Å². The molecule has 0 aliphatic heterocycles. The summed E-state index contributed by atoms with van der Waals surface area (Å²) in [6, 6.07) is 10.5. The number of hydrogen-bond donors (Lipinski definition) is 0. The molecule has 0 aliphatic carbocycles. The minimum absolute atomic E-state index is 0.124. The molecule has 140 valence electrons. The first-order valence-electron chi connectivity index (χ1n) is 7.76. The molecule has 9 heteroatoms. The highest BCUT2D eigenvalue weighted by atomic mass is 19.4. The molecule has 1 aromatic carbocycles. The largest absolute Gasteiger partial charge is 0.454 e. The summed E-state index contributed by atoms with van der Waals surface area (Å²) < 4.78 is 49.1. The molecule has 0 spiro atoms. The first-order valence-corrected chi connectivity index (χ1v) is 7.76. The highest BCUT2D eigenvalue weighted by molar-refractivity contribution is 5.69. The summed E-state index contributed by atoms with van der Waals surface area (Å²) in [5.41, 5.74) is -0.990. The molecule has 3 aromatic rings. The van der Waals surface area contributed by atoms with E-state index in [1.54, 1.807) is 0 Å². The number of benzene rings is 1. The molecule has 0 aliphatic rings. The van der Waals surface area contributed by atoms with Crippen LogP contribution in [0, 0.1) is 0 Å². The molecule has 0 saturated carbocycles. The van der Waals surface area contributed by atoms with Gasteiger partial charge in [0.1, 0.15) is 6.54 Å². The lowest BCUT2D eigenvalue weighted by Crippen LogP contribution is -2.26. The zero-order valence-corrected chi connectivity index (χ0v) is 13.8. The van der Waals surface area contributed by atoms with E-state index in [1.807, 2.05) is 30.3 Å². The van der Waals surface area contributed by atoms with Crippen molar-refractivity contribution in [2.24, 2.45) is 0 Å². The van der Waals surface area contributed by atoms with Gasteiger partial charge in [0.05, 0.1) is 11.8 Å². The highest BCUT2D eigenvalue weighted by Crippen LogP contribution is 2.28. The van der Waals surface area contributed by atoms with E-state index >= 15 is 0 Å². The van der Waals surface area contributed by atoms with Crippen LogP contribution in [0.1, 0.15) is 11.5 Å². The van der Waals surface area contributed by atoms with Gasteiger partial charge >= 0.3 is 12.1 Å². The van der Waals surface area contributed by atoms with E-state index in [9.17, 15) is 22.8 Å². The Morgan fingerprint density at radius 3 is 2.59 bits per heavy atom. The molecule has 2 heterocycles. The van der Waals surface area contributed by atoms with E-state index in [1.165, 1.54) is 6.20 Å². The van der Waals surface area contributed by atoms with E-state index < -0.39 is 29.8 Å². The number of alkyl halides is 3. The topological polar surface area (TPSA) is 74.3 Å². The van der Waals surface area contributed by atoms with Crippen molar-refractivity contribution < 1.29 is 27.1 Å². The number of oxazole rings is 1. The van der Waals surface area contributed by atoms with Crippen LogP contribution in [0.5, 0.6) is 0 Å². The molecule has 0 atom stereocenters.